The smallest absolute Gasteiger partial charge is 0.254 e. The number of fused-ring (bicyclic) bond motifs is 1. The van der Waals surface area contributed by atoms with Gasteiger partial charge < -0.3 is 25.8 Å². The Morgan fingerprint density at radius 1 is 1.12 bits per heavy atom. The van der Waals surface area contributed by atoms with Crippen LogP contribution in [0.1, 0.15) is 21.5 Å². The molecule has 32 heavy (non-hydrogen) atoms. The Bertz CT molecular complexity index is 1120. The maximum absolute atomic E-state index is 12.6. The van der Waals surface area contributed by atoms with Gasteiger partial charge in [-0.1, -0.05) is 30.3 Å². The van der Waals surface area contributed by atoms with Crippen molar-refractivity contribution in [2.75, 3.05) is 33.2 Å². The number of carbonyl (C=O) groups is 2. The molecule has 1 saturated heterocycles. The lowest BCUT2D eigenvalue weighted by Crippen LogP contribution is -2.49. The fourth-order valence-corrected chi connectivity index (χ4v) is 3.82. The molecule has 0 aliphatic carbocycles. The van der Waals surface area contributed by atoms with E-state index in [0.29, 0.717) is 25.2 Å². The molecule has 4 rings (SSSR count). The van der Waals surface area contributed by atoms with E-state index in [-0.39, 0.29) is 18.4 Å². The zero-order valence-electron chi connectivity index (χ0n) is 18.1. The first-order chi connectivity index (χ1) is 15.6. The Morgan fingerprint density at radius 2 is 1.94 bits per heavy atom. The van der Waals surface area contributed by atoms with Gasteiger partial charge >= 0.3 is 0 Å². The number of benzene rings is 2. The molecule has 8 nitrogen and oxygen atoms in total. The molecular weight excluding hydrogens is 404 g/mol. The molecule has 2 aromatic carbocycles. The van der Waals surface area contributed by atoms with Crippen LogP contribution in [0.5, 0.6) is 0 Å². The quantitative estimate of drug-likeness (QED) is 0.351. The molecule has 2 heterocycles. The number of para-hydroxylation sites is 1. The van der Waals surface area contributed by atoms with Crippen LogP contribution >= 0.6 is 0 Å². The normalized spacial score (nSPS) is 14.3. The second-order valence-electron chi connectivity index (χ2n) is 7.74. The number of rotatable bonds is 6. The van der Waals surface area contributed by atoms with Gasteiger partial charge in [0, 0.05) is 55.9 Å². The lowest BCUT2D eigenvalue weighted by atomic mass is 10.1. The standard InChI is InChI=1S/C24H28N6O2/c1-25-24(27-11-10-19-15-28-21-5-3-2-4-20(19)21)29-14-17-6-8-18(9-7-17)23(32)30-13-12-26-22(31)16-30/h2-9,15,28H,10-14,16H2,1H3,(H,26,31)(H2,25,27,29). The number of hydrogen-bond donors (Lipinski definition) is 4. The van der Waals surface area contributed by atoms with Gasteiger partial charge in [0.05, 0.1) is 6.54 Å². The van der Waals surface area contributed by atoms with Crippen LogP contribution in [0.2, 0.25) is 0 Å². The first kappa shape index (κ1) is 21.4. The number of piperazine rings is 1. The Labute approximate surface area is 187 Å². The van der Waals surface area contributed by atoms with Gasteiger partial charge in [0.1, 0.15) is 0 Å². The van der Waals surface area contributed by atoms with E-state index in [9.17, 15) is 9.59 Å². The second-order valence-corrected chi connectivity index (χ2v) is 7.74. The Hall–Kier alpha value is -3.81. The number of aliphatic imine (C=N–C) groups is 1. The van der Waals surface area contributed by atoms with Crippen LogP contribution in [0.25, 0.3) is 10.9 Å². The van der Waals surface area contributed by atoms with Gasteiger partial charge in [0.15, 0.2) is 5.96 Å². The first-order valence-electron chi connectivity index (χ1n) is 10.8. The molecule has 1 aromatic heterocycles. The van der Waals surface area contributed by atoms with Gasteiger partial charge in [0.25, 0.3) is 5.91 Å². The molecular formula is C24H28N6O2. The van der Waals surface area contributed by atoms with Crippen molar-refractivity contribution in [3.05, 3.63) is 71.4 Å². The first-order valence-corrected chi connectivity index (χ1v) is 10.8. The summed E-state index contributed by atoms with van der Waals surface area (Å²) in [7, 11) is 1.75. The fraction of sp³-hybridized carbons (Fsp3) is 0.292. The zero-order chi connectivity index (χ0) is 22.3. The average molecular weight is 433 g/mol. The molecule has 1 fully saturated rings. The SMILES string of the molecule is CN=C(NCCc1c[nH]c2ccccc12)NCc1ccc(C(=O)N2CCNC(=O)C2)cc1. The number of nitrogens with zero attached hydrogens (tertiary/aromatic N) is 2. The molecule has 8 heteroatoms. The van der Waals surface area contributed by atoms with Gasteiger partial charge in [0.2, 0.25) is 5.91 Å². The highest BCUT2D eigenvalue weighted by molar-refractivity contribution is 5.97. The van der Waals surface area contributed by atoms with Crippen molar-refractivity contribution in [2.45, 2.75) is 13.0 Å². The number of aromatic nitrogens is 1. The van der Waals surface area contributed by atoms with Crippen LogP contribution < -0.4 is 16.0 Å². The monoisotopic (exact) mass is 432 g/mol. The van der Waals surface area contributed by atoms with Crippen LogP contribution in [0.3, 0.4) is 0 Å². The summed E-state index contributed by atoms with van der Waals surface area (Å²) < 4.78 is 0. The summed E-state index contributed by atoms with van der Waals surface area (Å²) in [5, 5.41) is 10.6. The molecule has 0 bridgehead atoms. The number of guanidine groups is 1. The number of hydrogen-bond acceptors (Lipinski definition) is 3. The molecule has 0 atom stereocenters. The minimum Gasteiger partial charge on any atom is -0.361 e. The minimum atomic E-state index is -0.117. The maximum Gasteiger partial charge on any atom is 0.254 e. The molecule has 2 amide bonds. The Balaban J connectivity index is 1.25. The summed E-state index contributed by atoms with van der Waals surface area (Å²) in [4.78, 5) is 33.2. The third-order valence-corrected chi connectivity index (χ3v) is 5.57. The molecule has 1 aliphatic rings. The van der Waals surface area contributed by atoms with Crippen molar-refractivity contribution < 1.29 is 9.59 Å². The highest BCUT2D eigenvalue weighted by Crippen LogP contribution is 2.17. The Kier molecular flexibility index (Phi) is 6.69. The fourth-order valence-electron chi connectivity index (χ4n) is 3.82. The molecule has 166 valence electrons. The van der Waals surface area contributed by atoms with E-state index in [1.807, 2.05) is 18.2 Å². The summed E-state index contributed by atoms with van der Waals surface area (Å²) in [6.07, 6.45) is 2.94. The van der Waals surface area contributed by atoms with E-state index < -0.39 is 0 Å². The van der Waals surface area contributed by atoms with Crippen molar-refractivity contribution in [3.63, 3.8) is 0 Å². The number of amides is 2. The van der Waals surface area contributed by atoms with Gasteiger partial charge in [-0.3, -0.25) is 14.6 Å². The molecule has 0 unspecified atom stereocenters. The molecule has 3 aromatic rings. The van der Waals surface area contributed by atoms with Crippen molar-refractivity contribution in [2.24, 2.45) is 4.99 Å². The molecule has 0 radical (unpaired) electrons. The lowest BCUT2D eigenvalue weighted by molar-refractivity contribution is -0.123. The largest absolute Gasteiger partial charge is 0.361 e. The van der Waals surface area contributed by atoms with Gasteiger partial charge in [-0.25, -0.2) is 0 Å². The van der Waals surface area contributed by atoms with E-state index >= 15 is 0 Å². The van der Waals surface area contributed by atoms with Crippen molar-refractivity contribution >= 4 is 28.7 Å². The summed E-state index contributed by atoms with van der Waals surface area (Å²) in [6.45, 7) is 2.50. The molecule has 1 aliphatic heterocycles. The van der Waals surface area contributed by atoms with E-state index in [1.165, 1.54) is 10.9 Å². The van der Waals surface area contributed by atoms with Gasteiger partial charge in [-0.05, 0) is 35.7 Å². The van der Waals surface area contributed by atoms with Gasteiger partial charge in [-0.2, -0.15) is 0 Å². The highest BCUT2D eigenvalue weighted by atomic mass is 16.2. The maximum atomic E-state index is 12.6. The third-order valence-electron chi connectivity index (χ3n) is 5.57. The van der Waals surface area contributed by atoms with Gasteiger partial charge in [-0.15, -0.1) is 0 Å². The lowest BCUT2D eigenvalue weighted by Gasteiger charge is -2.26. The molecule has 4 N–H and O–H groups in total. The van der Waals surface area contributed by atoms with Crippen molar-refractivity contribution in [1.29, 1.82) is 0 Å². The van der Waals surface area contributed by atoms with E-state index in [0.717, 1.165) is 30.0 Å². The van der Waals surface area contributed by atoms with Crippen LogP contribution in [0.15, 0.2) is 59.7 Å². The summed E-state index contributed by atoms with van der Waals surface area (Å²) in [6, 6.07) is 15.7. The van der Waals surface area contributed by atoms with E-state index in [1.54, 1.807) is 24.1 Å². The van der Waals surface area contributed by atoms with Crippen LogP contribution in [0.4, 0.5) is 0 Å². The summed E-state index contributed by atoms with van der Waals surface area (Å²) in [5.74, 6) is 0.493. The third kappa shape index (κ3) is 5.08. The van der Waals surface area contributed by atoms with E-state index in [4.69, 9.17) is 0 Å². The summed E-state index contributed by atoms with van der Waals surface area (Å²) in [5.41, 5.74) is 4.05. The predicted molar refractivity (Wildman–Crippen MR) is 126 cm³/mol. The zero-order valence-corrected chi connectivity index (χ0v) is 18.1. The Morgan fingerprint density at radius 3 is 2.72 bits per heavy atom. The average Bonchev–Trinajstić information content (AvgIpc) is 3.24. The predicted octanol–water partition coefficient (Wildman–Crippen LogP) is 1.65. The number of nitrogens with one attached hydrogen (secondary N) is 4. The number of aromatic amines is 1. The molecule has 0 saturated carbocycles. The van der Waals surface area contributed by atoms with Crippen molar-refractivity contribution in [3.8, 4) is 0 Å². The topological polar surface area (TPSA) is 102 Å². The van der Waals surface area contributed by atoms with Crippen LogP contribution in [0, 0.1) is 0 Å². The molecule has 0 spiro atoms. The minimum absolute atomic E-state index is 0.114. The highest BCUT2D eigenvalue weighted by Gasteiger charge is 2.22. The van der Waals surface area contributed by atoms with Crippen LogP contribution in [-0.4, -0.2) is 60.9 Å². The van der Waals surface area contributed by atoms with Crippen molar-refractivity contribution in [1.82, 2.24) is 25.8 Å². The van der Waals surface area contributed by atoms with E-state index in [2.05, 4.69) is 50.3 Å². The summed E-state index contributed by atoms with van der Waals surface area (Å²) >= 11 is 0. The number of H-pyrrole nitrogens is 1. The second kappa shape index (κ2) is 10.00. The van der Waals surface area contributed by atoms with Crippen LogP contribution in [-0.2, 0) is 17.8 Å². The number of carbonyl (C=O) groups excluding carboxylic acids is 2.